The van der Waals surface area contributed by atoms with Crippen molar-refractivity contribution in [3.63, 3.8) is 0 Å². The van der Waals surface area contributed by atoms with Gasteiger partial charge in [0.25, 0.3) is 0 Å². The first-order valence-electron chi connectivity index (χ1n) is 16.1. The SMILES string of the molecule is c1ccc2c(c1)-c1ccc(-c3ccc4c(ccc5ccccc54)c3)cc1C21c2ccccc2-n2c3ccccc3c3cccc1c32. The topological polar surface area (TPSA) is 4.93 Å². The Morgan fingerprint density at radius 3 is 1.98 bits per heavy atom. The van der Waals surface area contributed by atoms with Crippen LogP contribution in [0.15, 0.2) is 164 Å². The summed E-state index contributed by atoms with van der Waals surface area (Å²) in [6.07, 6.45) is 0. The number of hydrogen-bond donors (Lipinski definition) is 0. The zero-order valence-electron chi connectivity index (χ0n) is 25.0. The Hall–Kier alpha value is -5.92. The van der Waals surface area contributed by atoms with Gasteiger partial charge in [-0.2, -0.15) is 0 Å². The van der Waals surface area contributed by atoms with Crippen molar-refractivity contribution in [1.29, 1.82) is 0 Å². The molecular weight excluding hydrogens is 555 g/mol. The lowest BCUT2D eigenvalue weighted by atomic mass is 9.65. The van der Waals surface area contributed by atoms with E-state index in [1.165, 1.54) is 93.5 Å². The number of fused-ring (bicyclic) bond motifs is 15. The van der Waals surface area contributed by atoms with Gasteiger partial charge in [0.2, 0.25) is 0 Å². The summed E-state index contributed by atoms with van der Waals surface area (Å²) in [5.41, 5.74) is 14.0. The molecule has 0 amide bonds. The maximum atomic E-state index is 2.51. The molecule has 2 heterocycles. The molecule has 1 aromatic heterocycles. The van der Waals surface area contributed by atoms with Crippen LogP contribution >= 0.6 is 0 Å². The largest absolute Gasteiger partial charge is 0.309 e. The predicted molar refractivity (Wildman–Crippen MR) is 192 cm³/mol. The van der Waals surface area contributed by atoms with E-state index in [9.17, 15) is 0 Å². The standard InChI is InChI=1S/C45H27N/c1-2-11-32-28(10-1)20-21-31-26-29(22-24-33(31)32)30-23-25-35-34-12-3-5-15-38(34)45(41(35)27-30)39-16-6-8-19-43(39)46-42-18-7-4-13-36(42)37-14-9-17-40(45)44(37)46/h1-27H. The second kappa shape index (κ2) is 8.62. The Bertz CT molecular complexity index is 2760. The third-order valence-electron chi connectivity index (χ3n) is 10.8. The van der Waals surface area contributed by atoms with Crippen LogP contribution in [0.1, 0.15) is 22.3 Å². The normalized spacial score (nSPS) is 15.9. The molecule has 2 aliphatic rings. The molecule has 0 radical (unpaired) electrons. The van der Waals surface area contributed by atoms with Crippen molar-refractivity contribution in [2.24, 2.45) is 0 Å². The monoisotopic (exact) mass is 581 g/mol. The first kappa shape index (κ1) is 24.4. The van der Waals surface area contributed by atoms with Gasteiger partial charge < -0.3 is 4.57 Å². The van der Waals surface area contributed by atoms with E-state index < -0.39 is 5.41 Å². The molecule has 0 saturated carbocycles. The molecule has 1 nitrogen and oxygen atoms in total. The van der Waals surface area contributed by atoms with Crippen LogP contribution in [0.5, 0.6) is 0 Å². The van der Waals surface area contributed by atoms with Gasteiger partial charge in [-0.25, -0.2) is 0 Å². The minimum atomic E-state index is -0.435. The van der Waals surface area contributed by atoms with E-state index in [4.69, 9.17) is 0 Å². The third kappa shape index (κ3) is 2.87. The Kier molecular flexibility index (Phi) is 4.57. The van der Waals surface area contributed by atoms with Crippen molar-refractivity contribution in [1.82, 2.24) is 4.57 Å². The lowest BCUT2D eigenvalue weighted by molar-refractivity contribution is 0.749. The fourth-order valence-electron chi connectivity index (χ4n) is 8.93. The maximum absolute atomic E-state index is 2.51. The molecule has 9 aromatic rings. The molecule has 1 atom stereocenters. The summed E-state index contributed by atoms with van der Waals surface area (Å²) in [5, 5.41) is 7.76. The molecule has 1 spiro atoms. The van der Waals surface area contributed by atoms with Gasteiger partial charge in [0.15, 0.2) is 0 Å². The highest BCUT2D eigenvalue weighted by Gasteiger charge is 2.50. The summed E-state index contributed by atoms with van der Waals surface area (Å²) in [6.45, 7) is 0. The number of rotatable bonds is 1. The van der Waals surface area contributed by atoms with Crippen molar-refractivity contribution in [3.8, 4) is 27.9 Å². The molecule has 0 saturated heterocycles. The molecule has 1 unspecified atom stereocenters. The van der Waals surface area contributed by atoms with Crippen LogP contribution in [-0.2, 0) is 5.41 Å². The Labute approximate surface area is 266 Å². The Morgan fingerprint density at radius 2 is 1.02 bits per heavy atom. The quantitative estimate of drug-likeness (QED) is 0.170. The van der Waals surface area contributed by atoms with Crippen molar-refractivity contribution in [2.75, 3.05) is 0 Å². The van der Waals surface area contributed by atoms with E-state index in [2.05, 4.69) is 168 Å². The molecule has 46 heavy (non-hydrogen) atoms. The molecule has 1 aliphatic heterocycles. The van der Waals surface area contributed by atoms with E-state index in [1.807, 2.05) is 0 Å². The average molecular weight is 582 g/mol. The summed E-state index contributed by atoms with van der Waals surface area (Å²) >= 11 is 0. The minimum Gasteiger partial charge on any atom is -0.309 e. The van der Waals surface area contributed by atoms with Crippen LogP contribution in [-0.4, -0.2) is 4.57 Å². The zero-order chi connectivity index (χ0) is 30.0. The third-order valence-corrected chi connectivity index (χ3v) is 10.8. The Balaban J connectivity index is 1.25. The first-order valence-corrected chi connectivity index (χ1v) is 16.1. The van der Waals surface area contributed by atoms with E-state index in [-0.39, 0.29) is 0 Å². The number of para-hydroxylation sites is 3. The second-order valence-electron chi connectivity index (χ2n) is 12.9. The van der Waals surface area contributed by atoms with Crippen molar-refractivity contribution in [3.05, 3.63) is 186 Å². The fourth-order valence-corrected chi connectivity index (χ4v) is 8.93. The van der Waals surface area contributed by atoms with Gasteiger partial charge >= 0.3 is 0 Å². The van der Waals surface area contributed by atoms with Crippen LogP contribution < -0.4 is 0 Å². The van der Waals surface area contributed by atoms with Gasteiger partial charge in [-0.3, -0.25) is 0 Å². The van der Waals surface area contributed by atoms with Crippen LogP contribution in [0, 0.1) is 0 Å². The molecular formula is C45H27N. The molecule has 8 aromatic carbocycles. The molecule has 212 valence electrons. The van der Waals surface area contributed by atoms with E-state index in [0.29, 0.717) is 0 Å². The van der Waals surface area contributed by atoms with Crippen LogP contribution in [0.2, 0.25) is 0 Å². The summed E-state index contributed by atoms with van der Waals surface area (Å²) in [4.78, 5) is 0. The van der Waals surface area contributed by atoms with Crippen LogP contribution in [0.3, 0.4) is 0 Å². The highest BCUT2D eigenvalue weighted by molar-refractivity contribution is 6.13. The lowest BCUT2D eigenvalue weighted by Crippen LogP contribution is -2.33. The summed E-state index contributed by atoms with van der Waals surface area (Å²) in [6, 6.07) is 61.4. The van der Waals surface area contributed by atoms with E-state index >= 15 is 0 Å². The highest BCUT2D eigenvalue weighted by Crippen LogP contribution is 2.61. The van der Waals surface area contributed by atoms with E-state index in [0.717, 1.165) is 0 Å². The Morgan fingerprint density at radius 1 is 0.370 bits per heavy atom. The average Bonchev–Trinajstić information content (AvgIpc) is 3.62. The molecule has 0 bridgehead atoms. The maximum Gasteiger partial charge on any atom is 0.0754 e. The predicted octanol–water partition coefficient (Wildman–Crippen LogP) is 11.4. The summed E-state index contributed by atoms with van der Waals surface area (Å²) in [5.74, 6) is 0. The number of hydrogen-bond acceptors (Lipinski definition) is 0. The number of benzene rings is 8. The highest BCUT2D eigenvalue weighted by atomic mass is 15.0. The molecule has 0 N–H and O–H groups in total. The summed E-state index contributed by atoms with van der Waals surface area (Å²) in [7, 11) is 0. The van der Waals surface area contributed by atoms with Gasteiger partial charge in [-0.1, -0.05) is 140 Å². The van der Waals surface area contributed by atoms with Gasteiger partial charge in [-0.05, 0) is 90.3 Å². The summed E-state index contributed by atoms with van der Waals surface area (Å²) < 4.78 is 2.51. The van der Waals surface area contributed by atoms with E-state index in [1.54, 1.807) is 0 Å². The minimum absolute atomic E-state index is 0.435. The number of nitrogens with zero attached hydrogens (tertiary/aromatic N) is 1. The zero-order valence-corrected chi connectivity index (χ0v) is 25.0. The lowest BCUT2D eigenvalue weighted by Gasteiger charge is -2.39. The van der Waals surface area contributed by atoms with Gasteiger partial charge in [0.1, 0.15) is 0 Å². The first-order chi connectivity index (χ1) is 22.8. The van der Waals surface area contributed by atoms with Crippen LogP contribution in [0.4, 0.5) is 0 Å². The fraction of sp³-hybridized carbons (Fsp3) is 0.0222. The molecule has 0 fully saturated rings. The van der Waals surface area contributed by atoms with Crippen molar-refractivity contribution >= 4 is 43.4 Å². The van der Waals surface area contributed by atoms with Crippen molar-refractivity contribution in [2.45, 2.75) is 5.41 Å². The van der Waals surface area contributed by atoms with Gasteiger partial charge in [0.05, 0.1) is 22.1 Å². The molecule has 1 heteroatoms. The smallest absolute Gasteiger partial charge is 0.0754 e. The van der Waals surface area contributed by atoms with Gasteiger partial charge in [-0.15, -0.1) is 0 Å². The van der Waals surface area contributed by atoms with Gasteiger partial charge in [0, 0.05) is 10.8 Å². The van der Waals surface area contributed by atoms with Crippen LogP contribution in [0.25, 0.3) is 71.3 Å². The molecule has 1 aliphatic carbocycles. The molecule has 11 rings (SSSR count). The number of aromatic nitrogens is 1. The van der Waals surface area contributed by atoms with Crippen molar-refractivity contribution < 1.29 is 0 Å². The second-order valence-corrected chi connectivity index (χ2v) is 12.9.